The van der Waals surface area contributed by atoms with Crippen LogP contribution in [0.3, 0.4) is 0 Å². The highest BCUT2D eigenvalue weighted by Gasteiger charge is 2.20. The van der Waals surface area contributed by atoms with E-state index in [9.17, 15) is 5.11 Å². The summed E-state index contributed by atoms with van der Waals surface area (Å²) in [7, 11) is 1.73. The molecule has 1 saturated heterocycles. The molecule has 1 fully saturated rings. The first-order valence-electron chi connectivity index (χ1n) is 9.45. The van der Waals surface area contributed by atoms with Crippen LogP contribution in [0.4, 0.5) is 5.69 Å². The molecule has 0 aliphatic carbocycles. The molecular weight excluding hydrogens is 324 g/mol. The Labute approximate surface area is 157 Å². The lowest BCUT2D eigenvalue weighted by atomic mass is 9.97. The smallest absolute Gasteiger partial charge is 0.142 e. The Bertz CT molecular complexity index is 709. The van der Waals surface area contributed by atoms with Gasteiger partial charge in [-0.25, -0.2) is 0 Å². The number of aliphatic hydroxyl groups excluding tert-OH is 1. The molecule has 26 heavy (non-hydrogen) atoms. The molecule has 0 bridgehead atoms. The Morgan fingerprint density at radius 2 is 1.73 bits per heavy atom. The predicted molar refractivity (Wildman–Crippen MR) is 107 cm³/mol. The van der Waals surface area contributed by atoms with E-state index in [0.717, 1.165) is 44.0 Å². The van der Waals surface area contributed by atoms with Crippen molar-refractivity contribution in [1.82, 2.24) is 4.90 Å². The van der Waals surface area contributed by atoms with E-state index in [-0.39, 0.29) is 5.92 Å². The molecule has 4 nitrogen and oxygen atoms in total. The van der Waals surface area contributed by atoms with E-state index < -0.39 is 6.10 Å². The van der Waals surface area contributed by atoms with Crippen molar-refractivity contribution < 1.29 is 9.84 Å². The minimum atomic E-state index is -0.391. The van der Waals surface area contributed by atoms with E-state index in [1.807, 2.05) is 18.2 Å². The fourth-order valence-electron chi connectivity index (χ4n) is 3.56. The van der Waals surface area contributed by atoms with Crippen molar-refractivity contribution >= 4 is 5.69 Å². The molecule has 0 spiro atoms. The molecule has 0 amide bonds. The fraction of sp³-hybridized carbons (Fsp3) is 0.455. The summed E-state index contributed by atoms with van der Waals surface area (Å²) in [5.74, 6) is 1.17. The van der Waals surface area contributed by atoms with Crippen LogP contribution in [0.1, 0.15) is 31.1 Å². The number of piperazine rings is 1. The Morgan fingerprint density at radius 3 is 2.42 bits per heavy atom. The van der Waals surface area contributed by atoms with Crippen molar-refractivity contribution in [2.75, 3.05) is 38.2 Å². The van der Waals surface area contributed by atoms with Crippen molar-refractivity contribution in [3.63, 3.8) is 0 Å². The largest absolute Gasteiger partial charge is 0.495 e. The number of para-hydroxylation sites is 2. The number of methoxy groups -OCH3 is 1. The first-order valence-corrected chi connectivity index (χ1v) is 9.45. The number of ether oxygens (including phenoxy) is 1. The number of hydrogen-bond donors (Lipinski definition) is 1. The van der Waals surface area contributed by atoms with Gasteiger partial charge < -0.3 is 14.7 Å². The standard InChI is InChI=1S/C22H30N2O2/c1-17(2)22(25)19-8-6-7-18(15-19)16-23-11-13-24(14-12-23)20-9-4-5-10-21(20)26-3/h4-10,15,17,22,25H,11-14,16H2,1-3H3. The van der Waals surface area contributed by atoms with Gasteiger partial charge in [-0.15, -0.1) is 0 Å². The van der Waals surface area contributed by atoms with Crippen LogP contribution >= 0.6 is 0 Å². The number of nitrogens with zero attached hydrogens (tertiary/aromatic N) is 2. The van der Waals surface area contributed by atoms with Crippen LogP contribution in [-0.4, -0.2) is 43.3 Å². The van der Waals surface area contributed by atoms with E-state index in [0.29, 0.717) is 0 Å². The van der Waals surface area contributed by atoms with Gasteiger partial charge in [0.15, 0.2) is 0 Å². The van der Waals surface area contributed by atoms with Gasteiger partial charge in [-0.05, 0) is 29.2 Å². The molecule has 0 radical (unpaired) electrons. The maximum absolute atomic E-state index is 10.3. The molecule has 1 aliphatic heterocycles. The van der Waals surface area contributed by atoms with Crippen LogP contribution in [0.5, 0.6) is 5.75 Å². The third kappa shape index (κ3) is 4.37. The second kappa shape index (κ2) is 8.56. The number of benzene rings is 2. The van der Waals surface area contributed by atoms with Crippen molar-refractivity contribution in [3.05, 3.63) is 59.7 Å². The third-order valence-electron chi connectivity index (χ3n) is 5.13. The molecule has 1 N–H and O–H groups in total. The summed E-state index contributed by atoms with van der Waals surface area (Å²) in [6, 6.07) is 16.6. The van der Waals surface area contributed by atoms with E-state index in [4.69, 9.17) is 4.74 Å². The second-order valence-corrected chi connectivity index (χ2v) is 7.37. The molecule has 2 aromatic carbocycles. The van der Waals surface area contributed by atoms with Gasteiger partial charge in [0, 0.05) is 32.7 Å². The van der Waals surface area contributed by atoms with E-state index in [2.05, 4.69) is 54.0 Å². The Hall–Kier alpha value is -2.04. The zero-order chi connectivity index (χ0) is 18.5. The Morgan fingerprint density at radius 1 is 1.00 bits per heavy atom. The van der Waals surface area contributed by atoms with Gasteiger partial charge >= 0.3 is 0 Å². The van der Waals surface area contributed by atoms with Gasteiger partial charge in [0.2, 0.25) is 0 Å². The molecule has 1 heterocycles. The van der Waals surface area contributed by atoms with Crippen LogP contribution in [0.2, 0.25) is 0 Å². The summed E-state index contributed by atoms with van der Waals surface area (Å²) < 4.78 is 5.50. The van der Waals surface area contributed by atoms with Crippen LogP contribution in [0, 0.1) is 5.92 Å². The highest BCUT2D eigenvalue weighted by molar-refractivity contribution is 5.58. The second-order valence-electron chi connectivity index (χ2n) is 7.37. The van der Waals surface area contributed by atoms with Crippen molar-refractivity contribution in [3.8, 4) is 5.75 Å². The number of anilines is 1. The topological polar surface area (TPSA) is 35.9 Å². The third-order valence-corrected chi connectivity index (χ3v) is 5.13. The molecule has 1 atom stereocenters. The van der Waals surface area contributed by atoms with Crippen molar-refractivity contribution in [2.24, 2.45) is 5.92 Å². The summed E-state index contributed by atoms with van der Waals surface area (Å²) in [5.41, 5.74) is 3.47. The maximum atomic E-state index is 10.3. The summed E-state index contributed by atoms with van der Waals surface area (Å²) in [6.07, 6.45) is -0.391. The highest BCUT2D eigenvalue weighted by atomic mass is 16.5. The number of aliphatic hydroxyl groups is 1. The number of rotatable bonds is 6. The monoisotopic (exact) mass is 354 g/mol. The lowest BCUT2D eigenvalue weighted by Crippen LogP contribution is -2.46. The van der Waals surface area contributed by atoms with E-state index in [1.54, 1.807) is 7.11 Å². The molecular formula is C22H30N2O2. The number of hydrogen-bond acceptors (Lipinski definition) is 4. The normalized spacial score (nSPS) is 16.7. The molecule has 1 aliphatic rings. The molecule has 3 rings (SSSR count). The zero-order valence-electron chi connectivity index (χ0n) is 16.1. The Kier molecular flexibility index (Phi) is 6.17. The van der Waals surface area contributed by atoms with Gasteiger partial charge in [-0.3, -0.25) is 4.90 Å². The lowest BCUT2D eigenvalue weighted by molar-refractivity contribution is 0.126. The van der Waals surface area contributed by atoms with Crippen LogP contribution in [-0.2, 0) is 6.54 Å². The first-order chi connectivity index (χ1) is 12.6. The van der Waals surface area contributed by atoms with Crippen LogP contribution in [0.25, 0.3) is 0 Å². The SMILES string of the molecule is COc1ccccc1N1CCN(Cc2cccc(C(O)C(C)C)c2)CC1. The molecule has 0 aromatic heterocycles. The lowest BCUT2D eigenvalue weighted by Gasteiger charge is -2.36. The van der Waals surface area contributed by atoms with Gasteiger partial charge in [0.1, 0.15) is 5.75 Å². The summed E-state index contributed by atoms with van der Waals surface area (Å²) in [5, 5.41) is 10.3. The fourth-order valence-corrected chi connectivity index (χ4v) is 3.56. The van der Waals surface area contributed by atoms with Crippen LogP contribution < -0.4 is 9.64 Å². The van der Waals surface area contributed by atoms with Gasteiger partial charge in [-0.1, -0.05) is 50.2 Å². The van der Waals surface area contributed by atoms with Crippen molar-refractivity contribution in [1.29, 1.82) is 0 Å². The zero-order valence-corrected chi connectivity index (χ0v) is 16.1. The average molecular weight is 354 g/mol. The minimum Gasteiger partial charge on any atom is -0.495 e. The summed E-state index contributed by atoms with van der Waals surface area (Å²) in [6.45, 7) is 9.06. The quantitative estimate of drug-likeness (QED) is 0.858. The summed E-state index contributed by atoms with van der Waals surface area (Å²) >= 11 is 0. The molecule has 140 valence electrons. The van der Waals surface area contributed by atoms with E-state index >= 15 is 0 Å². The molecule has 1 unspecified atom stereocenters. The molecule has 2 aromatic rings. The van der Waals surface area contributed by atoms with Gasteiger partial charge in [0.05, 0.1) is 18.9 Å². The van der Waals surface area contributed by atoms with Crippen molar-refractivity contribution in [2.45, 2.75) is 26.5 Å². The summed E-state index contributed by atoms with van der Waals surface area (Å²) in [4.78, 5) is 4.88. The maximum Gasteiger partial charge on any atom is 0.142 e. The van der Waals surface area contributed by atoms with Crippen LogP contribution in [0.15, 0.2) is 48.5 Å². The average Bonchev–Trinajstić information content (AvgIpc) is 2.68. The minimum absolute atomic E-state index is 0.231. The van der Waals surface area contributed by atoms with E-state index in [1.165, 1.54) is 11.3 Å². The van der Waals surface area contributed by atoms with Gasteiger partial charge in [0.25, 0.3) is 0 Å². The Balaban J connectivity index is 1.60. The highest BCUT2D eigenvalue weighted by Crippen LogP contribution is 2.28. The first kappa shape index (κ1) is 18.7. The predicted octanol–water partition coefficient (Wildman–Crippen LogP) is 3.71. The van der Waals surface area contributed by atoms with Gasteiger partial charge in [-0.2, -0.15) is 0 Å². The molecule has 0 saturated carbocycles. The molecule has 4 heteroatoms.